The van der Waals surface area contributed by atoms with Crippen molar-refractivity contribution in [2.75, 3.05) is 19.7 Å². The average Bonchev–Trinajstić information content (AvgIpc) is 3.35. The zero-order chi connectivity index (χ0) is 24.8. The van der Waals surface area contributed by atoms with Gasteiger partial charge in [-0.3, -0.25) is 4.79 Å². The fourth-order valence-corrected chi connectivity index (χ4v) is 4.68. The Labute approximate surface area is 207 Å². The highest BCUT2D eigenvalue weighted by Crippen LogP contribution is 2.25. The maximum absolute atomic E-state index is 13.1. The van der Waals surface area contributed by atoms with Gasteiger partial charge in [0.15, 0.2) is 5.69 Å². The molecule has 6 heteroatoms. The summed E-state index contributed by atoms with van der Waals surface area (Å²) in [5.74, 6) is 0.503. The quantitative estimate of drug-likeness (QED) is 0.396. The van der Waals surface area contributed by atoms with Crippen molar-refractivity contribution in [3.63, 3.8) is 0 Å². The normalized spacial score (nSPS) is 15.1. The Balaban J connectivity index is 1.43. The second-order valence-electron chi connectivity index (χ2n) is 9.37. The summed E-state index contributed by atoms with van der Waals surface area (Å²) in [6, 6.07) is 19.9. The molecule has 1 fully saturated rings. The number of likely N-dealkylation sites (tertiary alicyclic amines) is 1. The van der Waals surface area contributed by atoms with Crippen molar-refractivity contribution in [3.05, 3.63) is 83.2 Å². The summed E-state index contributed by atoms with van der Waals surface area (Å²) in [4.78, 5) is 27.4. The number of amides is 1. The van der Waals surface area contributed by atoms with Crippen LogP contribution in [0.3, 0.4) is 0 Å². The van der Waals surface area contributed by atoms with Gasteiger partial charge in [0.25, 0.3) is 5.91 Å². The number of ether oxygens (including phenoxy) is 1. The molecule has 1 atom stereocenters. The number of esters is 1. The van der Waals surface area contributed by atoms with Crippen LogP contribution in [0, 0.1) is 5.92 Å². The Bertz CT molecular complexity index is 1130. The second-order valence-corrected chi connectivity index (χ2v) is 9.37. The van der Waals surface area contributed by atoms with Gasteiger partial charge in [0, 0.05) is 24.3 Å². The fraction of sp³-hybridized carbons (Fsp3) is 0.414. The molecule has 0 aliphatic carbocycles. The average molecular weight is 474 g/mol. The molecule has 184 valence electrons. The predicted molar refractivity (Wildman–Crippen MR) is 137 cm³/mol. The lowest BCUT2D eigenvalue weighted by molar-refractivity contribution is 0.0518. The van der Waals surface area contributed by atoms with Gasteiger partial charge in [-0.15, -0.1) is 0 Å². The number of rotatable bonds is 8. The number of hydrogen-bond donors (Lipinski definition) is 0. The van der Waals surface area contributed by atoms with E-state index < -0.39 is 5.97 Å². The third-order valence-electron chi connectivity index (χ3n) is 6.97. The number of piperidine rings is 1. The monoisotopic (exact) mass is 473 g/mol. The van der Waals surface area contributed by atoms with Gasteiger partial charge in [-0.05, 0) is 80.3 Å². The summed E-state index contributed by atoms with van der Waals surface area (Å²) in [6.07, 6.45) is 4.06. The minimum absolute atomic E-state index is 0.0736. The first kappa shape index (κ1) is 24.7. The Morgan fingerprint density at radius 1 is 1.03 bits per heavy atom. The molecule has 0 N–H and O–H groups in total. The standard InChI is InChI=1S/C29H35N3O3/c1-4-21(3)27-20-26(29(34)35-5-2)30-32(27)25-13-11-24(12-14-25)28(33)31-17-15-23(16-18-31)19-22-9-7-6-8-10-22/h6-14,20-21,23H,4-5,15-19H2,1-3H3/t21-/m0/s1. The van der Waals surface area contributed by atoms with Crippen molar-refractivity contribution < 1.29 is 14.3 Å². The molecule has 1 amide bonds. The molecular weight excluding hydrogens is 438 g/mol. The van der Waals surface area contributed by atoms with E-state index in [1.165, 1.54) is 5.56 Å². The lowest BCUT2D eigenvalue weighted by Crippen LogP contribution is -2.38. The highest BCUT2D eigenvalue weighted by atomic mass is 16.5. The van der Waals surface area contributed by atoms with Crippen molar-refractivity contribution in [2.45, 2.75) is 52.4 Å². The number of benzene rings is 2. The fourth-order valence-electron chi connectivity index (χ4n) is 4.68. The topological polar surface area (TPSA) is 64.4 Å². The molecular formula is C29H35N3O3. The minimum Gasteiger partial charge on any atom is -0.461 e. The van der Waals surface area contributed by atoms with Gasteiger partial charge < -0.3 is 9.64 Å². The zero-order valence-corrected chi connectivity index (χ0v) is 20.9. The lowest BCUT2D eigenvalue weighted by atomic mass is 9.90. The van der Waals surface area contributed by atoms with Crippen molar-refractivity contribution in [1.82, 2.24) is 14.7 Å². The molecule has 0 unspecified atom stereocenters. The smallest absolute Gasteiger partial charge is 0.358 e. The van der Waals surface area contributed by atoms with Crippen molar-refractivity contribution in [2.24, 2.45) is 5.92 Å². The van der Waals surface area contributed by atoms with E-state index in [1.54, 1.807) is 11.6 Å². The van der Waals surface area contributed by atoms with Crippen LogP contribution in [0.4, 0.5) is 0 Å². The van der Waals surface area contributed by atoms with Crippen LogP contribution in [0.25, 0.3) is 5.69 Å². The highest BCUT2D eigenvalue weighted by Gasteiger charge is 2.24. The Morgan fingerprint density at radius 2 is 1.71 bits per heavy atom. The van der Waals surface area contributed by atoms with Crippen LogP contribution >= 0.6 is 0 Å². The van der Waals surface area contributed by atoms with Crippen LogP contribution in [0.15, 0.2) is 60.7 Å². The van der Waals surface area contributed by atoms with Gasteiger partial charge in [-0.2, -0.15) is 5.10 Å². The lowest BCUT2D eigenvalue weighted by Gasteiger charge is -2.32. The molecule has 3 aromatic rings. The van der Waals surface area contributed by atoms with Crippen LogP contribution in [0.1, 0.15) is 78.1 Å². The Morgan fingerprint density at radius 3 is 2.34 bits per heavy atom. The van der Waals surface area contributed by atoms with E-state index in [0.29, 0.717) is 23.8 Å². The molecule has 0 spiro atoms. The molecule has 1 aliphatic heterocycles. The molecule has 1 saturated heterocycles. The van der Waals surface area contributed by atoms with E-state index in [1.807, 2.05) is 41.3 Å². The maximum Gasteiger partial charge on any atom is 0.358 e. The zero-order valence-electron chi connectivity index (χ0n) is 20.9. The largest absolute Gasteiger partial charge is 0.461 e. The summed E-state index contributed by atoms with van der Waals surface area (Å²) >= 11 is 0. The van der Waals surface area contributed by atoms with Crippen LogP contribution in [-0.4, -0.2) is 46.3 Å². The van der Waals surface area contributed by atoms with Crippen LogP contribution in [0.5, 0.6) is 0 Å². The van der Waals surface area contributed by atoms with Gasteiger partial charge in [-0.1, -0.05) is 44.2 Å². The number of nitrogens with zero attached hydrogens (tertiary/aromatic N) is 3. The Kier molecular flexibility index (Phi) is 8.01. The summed E-state index contributed by atoms with van der Waals surface area (Å²) < 4.78 is 6.93. The minimum atomic E-state index is -0.418. The molecule has 2 heterocycles. The van der Waals surface area contributed by atoms with E-state index in [0.717, 1.165) is 50.2 Å². The number of carbonyl (C=O) groups is 2. The first-order valence-electron chi connectivity index (χ1n) is 12.7. The molecule has 1 aliphatic rings. The molecule has 2 aromatic carbocycles. The molecule has 0 radical (unpaired) electrons. The molecule has 1 aromatic heterocycles. The molecule has 4 rings (SSSR count). The van der Waals surface area contributed by atoms with Gasteiger partial charge in [-0.25, -0.2) is 9.48 Å². The third kappa shape index (κ3) is 5.81. The van der Waals surface area contributed by atoms with E-state index in [9.17, 15) is 9.59 Å². The number of hydrogen-bond acceptors (Lipinski definition) is 4. The second kappa shape index (κ2) is 11.3. The number of carbonyl (C=O) groups excluding carboxylic acids is 2. The number of aromatic nitrogens is 2. The first-order chi connectivity index (χ1) is 17.0. The molecule has 0 saturated carbocycles. The molecule has 0 bridgehead atoms. The molecule has 6 nitrogen and oxygen atoms in total. The predicted octanol–water partition coefficient (Wildman–Crippen LogP) is 5.66. The van der Waals surface area contributed by atoms with Gasteiger partial charge in [0.1, 0.15) is 0 Å². The van der Waals surface area contributed by atoms with Gasteiger partial charge in [0.2, 0.25) is 0 Å². The van der Waals surface area contributed by atoms with Crippen molar-refractivity contribution >= 4 is 11.9 Å². The highest BCUT2D eigenvalue weighted by molar-refractivity contribution is 5.94. The summed E-state index contributed by atoms with van der Waals surface area (Å²) in [5.41, 5.74) is 4.14. The van der Waals surface area contributed by atoms with Crippen molar-refractivity contribution in [3.8, 4) is 5.69 Å². The summed E-state index contributed by atoms with van der Waals surface area (Å²) in [6.45, 7) is 7.89. The van der Waals surface area contributed by atoms with E-state index >= 15 is 0 Å². The van der Waals surface area contributed by atoms with E-state index in [2.05, 4.69) is 43.2 Å². The van der Waals surface area contributed by atoms with Crippen LogP contribution < -0.4 is 0 Å². The van der Waals surface area contributed by atoms with E-state index in [4.69, 9.17) is 4.74 Å². The van der Waals surface area contributed by atoms with Gasteiger partial charge >= 0.3 is 5.97 Å². The molecule has 35 heavy (non-hydrogen) atoms. The van der Waals surface area contributed by atoms with Crippen LogP contribution in [0.2, 0.25) is 0 Å². The van der Waals surface area contributed by atoms with Crippen molar-refractivity contribution in [1.29, 1.82) is 0 Å². The van der Waals surface area contributed by atoms with E-state index in [-0.39, 0.29) is 11.8 Å². The maximum atomic E-state index is 13.1. The van der Waals surface area contributed by atoms with Crippen LogP contribution in [-0.2, 0) is 11.2 Å². The van der Waals surface area contributed by atoms with Gasteiger partial charge in [0.05, 0.1) is 12.3 Å². The summed E-state index contributed by atoms with van der Waals surface area (Å²) in [7, 11) is 0. The summed E-state index contributed by atoms with van der Waals surface area (Å²) in [5, 5.41) is 4.52. The third-order valence-corrected chi connectivity index (χ3v) is 6.97. The first-order valence-corrected chi connectivity index (χ1v) is 12.7. The SMILES string of the molecule is CCOC(=O)c1cc([C@@H](C)CC)n(-c2ccc(C(=O)N3CCC(Cc4ccccc4)CC3)cc2)n1. The Hall–Kier alpha value is -3.41.